The number of H-pyrrole nitrogens is 1. The number of carbonyl (C=O) groups excluding carboxylic acids is 2. The Bertz CT molecular complexity index is 2040. The molecule has 5 aromatic rings. The second-order valence-corrected chi connectivity index (χ2v) is 12.1. The summed E-state index contributed by atoms with van der Waals surface area (Å²) >= 11 is 0. The molecule has 0 radical (unpaired) electrons. The Morgan fingerprint density at radius 1 is 0.940 bits per heavy atom. The van der Waals surface area contributed by atoms with Gasteiger partial charge >= 0.3 is 0 Å². The van der Waals surface area contributed by atoms with Gasteiger partial charge in [-0.05, 0) is 47.9 Å². The minimum Gasteiger partial charge on any atom is -0.496 e. The highest BCUT2D eigenvalue weighted by atomic mass is 19.1. The molecule has 50 heavy (non-hydrogen) atoms. The highest BCUT2D eigenvalue weighted by Crippen LogP contribution is 2.40. The number of methoxy groups -OCH3 is 1. The zero-order chi connectivity index (χ0) is 34.6. The molecule has 2 aliphatic heterocycles. The number of amides is 2. The predicted octanol–water partition coefficient (Wildman–Crippen LogP) is 4.94. The second kappa shape index (κ2) is 14.4. The number of alkyl halides is 1. The third-order valence-electron chi connectivity index (χ3n) is 9.18. The van der Waals surface area contributed by atoms with Gasteiger partial charge in [-0.2, -0.15) is 0 Å². The Balaban J connectivity index is 1.18. The van der Waals surface area contributed by atoms with Crippen molar-refractivity contribution in [2.24, 2.45) is 0 Å². The van der Waals surface area contributed by atoms with Gasteiger partial charge in [0.1, 0.15) is 11.4 Å². The van der Waals surface area contributed by atoms with Gasteiger partial charge in [-0.15, -0.1) is 5.10 Å². The fraction of sp³-hybridized carbons (Fsp3) is 0.306. The number of nitrogens with one attached hydrogen (secondary N) is 1. The monoisotopic (exact) mass is 682 g/mol. The molecule has 2 aromatic carbocycles. The van der Waals surface area contributed by atoms with Crippen molar-refractivity contribution in [1.82, 2.24) is 34.8 Å². The summed E-state index contributed by atoms with van der Waals surface area (Å²) in [7, 11) is 1.58. The van der Waals surface area contributed by atoms with Crippen LogP contribution in [-0.4, -0.2) is 99.8 Å². The van der Waals surface area contributed by atoms with Crippen LogP contribution < -0.4 is 14.4 Å². The van der Waals surface area contributed by atoms with E-state index in [1.807, 2.05) is 35.2 Å². The number of aromatic amines is 1. The molecule has 14 heteroatoms. The third-order valence-corrected chi connectivity index (χ3v) is 9.18. The van der Waals surface area contributed by atoms with Crippen LogP contribution in [0.1, 0.15) is 28.9 Å². The largest absolute Gasteiger partial charge is 0.496 e. The van der Waals surface area contributed by atoms with Crippen LogP contribution in [0.2, 0.25) is 0 Å². The Labute approximate surface area is 286 Å². The zero-order valence-electron chi connectivity index (χ0n) is 27.5. The van der Waals surface area contributed by atoms with Gasteiger partial charge in [-0.1, -0.05) is 29.5 Å². The first-order valence-corrected chi connectivity index (χ1v) is 16.4. The minimum atomic E-state index is -0.967. The summed E-state index contributed by atoms with van der Waals surface area (Å²) in [5.41, 5.74) is 2.92. The van der Waals surface area contributed by atoms with E-state index in [1.165, 1.54) is 0 Å². The van der Waals surface area contributed by atoms with Crippen LogP contribution >= 0.6 is 0 Å². The van der Waals surface area contributed by atoms with Gasteiger partial charge in [0, 0.05) is 74.6 Å². The van der Waals surface area contributed by atoms with Crippen molar-refractivity contribution >= 4 is 34.1 Å². The van der Waals surface area contributed by atoms with Crippen molar-refractivity contribution in [2.45, 2.75) is 19.4 Å². The van der Waals surface area contributed by atoms with Crippen LogP contribution in [0.15, 0.2) is 73.2 Å². The number of anilines is 1. The van der Waals surface area contributed by atoms with Crippen LogP contribution in [0.3, 0.4) is 0 Å². The highest BCUT2D eigenvalue weighted by molar-refractivity contribution is 6.05. The summed E-state index contributed by atoms with van der Waals surface area (Å²) < 4.78 is 42.0. The number of hydrogen-bond donors (Lipinski definition) is 1. The van der Waals surface area contributed by atoms with Gasteiger partial charge in [-0.3, -0.25) is 14.3 Å². The number of ether oxygens (including phenoxy) is 2. The van der Waals surface area contributed by atoms with Gasteiger partial charge in [-0.25, -0.2) is 13.8 Å². The van der Waals surface area contributed by atoms with E-state index in [9.17, 15) is 14.0 Å². The first-order chi connectivity index (χ1) is 24.4. The molecule has 7 rings (SSSR count). The van der Waals surface area contributed by atoms with Crippen molar-refractivity contribution in [2.75, 3.05) is 58.1 Å². The second-order valence-electron chi connectivity index (χ2n) is 12.1. The number of halogens is 2. The number of pyridine rings is 1. The highest BCUT2D eigenvalue weighted by Gasteiger charge is 2.29. The molecule has 0 spiro atoms. The summed E-state index contributed by atoms with van der Waals surface area (Å²) in [4.78, 5) is 39.9. The lowest BCUT2D eigenvalue weighted by molar-refractivity contribution is -0.131. The number of rotatable bonds is 10. The molecule has 0 bridgehead atoms. The van der Waals surface area contributed by atoms with Crippen LogP contribution in [-0.2, 0) is 11.3 Å². The lowest BCUT2D eigenvalue weighted by Gasteiger charge is -2.35. The lowest BCUT2D eigenvalue weighted by Crippen LogP contribution is -2.49. The van der Waals surface area contributed by atoms with Crippen molar-refractivity contribution in [3.8, 4) is 22.6 Å². The first kappa shape index (κ1) is 32.7. The van der Waals surface area contributed by atoms with E-state index in [2.05, 4.69) is 20.3 Å². The molecule has 0 unspecified atom stereocenters. The van der Waals surface area contributed by atoms with Crippen molar-refractivity contribution < 1.29 is 27.8 Å². The first-order valence-electron chi connectivity index (χ1n) is 16.4. The molecule has 0 aliphatic carbocycles. The molecular formula is C36H36F2N8O4. The van der Waals surface area contributed by atoms with Gasteiger partial charge < -0.3 is 29.2 Å². The number of carbonyl (C=O) groups is 2. The van der Waals surface area contributed by atoms with E-state index < -0.39 is 12.7 Å². The Morgan fingerprint density at radius 2 is 1.76 bits per heavy atom. The van der Waals surface area contributed by atoms with E-state index >= 15 is 4.39 Å². The fourth-order valence-electron chi connectivity index (χ4n) is 6.65. The van der Waals surface area contributed by atoms with E-state index in [-0.39, 0.29) is 36.0 Å². The number of para-hydroxylation sites is 1. The maximum Gasteiger partial charge on any atom is 0.270 e. The van der Waals surface area contributed by atoms with E-state index in [0.717, 1.165) is 5.56 Å². The molecule has 1 fully saturated rings. The number of benzene rings is 2. The summed E-state index contributed by atoms with van der Waals surface area (Å²) in [6.07, 6.45) is 7.68. The molecule has 0 atom stereocenters. The maximum absolute atomic E-state index is 16.7. The topological polar surface area (TPSA) is 122 Å². The smallest absolute Gasteiger partial charge is 0.270 e. The quantitative estimate of drug-likeness (QED) is 0.220. The summed E-state index contributed by atoms with van der Waals surface area (Å²) in [6, 6.07) is 14.3. The SMILES string of the molecule is COc1ccccc1-c1cc(C2=CCCN(C(=O)CCn3ccnn3)C2)c(F)c2[nH]c(C(=O)N3CCN(c4ncccc4OCF)CC3)cc12. The van der Waals surface area contributed by atoms with Crippen LogP contribution in [0.5, 0.6) is 11.5 Å². The summed E-state index contributed by atoms with van der Waals surface area (Å²) in [6.45, 7) is 1.87. The number of fused-ring (bicyclic) bond motifs is 1. The molecule has 3 aromatic heterocycles. The fourth-order valence-corrected chi connectivity index (χ4v) is 6.65. The standard InChI is InChI=1S/C36H36F2N8O4/c1-49-30-8-3-2-7-25(30)27-20-26(24-6-5-13-45(22-24)32(47)10-14-46-15-12-40-42-46)33(38)34-28(27)21-29(41-34)36(48)44-18-16-43(17-19-44)35-31(50-23-37)9-4-11-39-35/h2-4,6-9,11-12,15,20-21,41H,5,10,13-14,16-19,22-23H2,1H3. The average Bonchev–Trinajstić information content (AvgIpc) is 3.86. The molecule has 5 heterocycles. The van der Waals surface area contributed by atoms with Crippen LogP contribution in [0, 0.1) is 5.82 Å². The van der Waals surface area contributed by atoms with Gasteiger partial charge in [0.05, 0.1) is 25.4 Å². The summed E-state index contributed by atoms with van der Waals surface area (Å²) in [5.74, 6) is 0.639. The minimum absolute atomic E-state index is 0.0559. The maximum atomic E-state index is 16.7. The molecule has 1 saturated heterocycles. The third kappa shape index (κ3) is 6.48. The van der Waals surface area contributed by atoms with Crippen molar-refractivity contribution in [1.29, 1.82) is 0 Å². The molecule has 2 amide bonds. The number of nitrogens with zero attached hydrogens (tertiary/aromatic N) is 7. The van der Waals surface area contributed by atoms with Gasteiger partial charge in [0.25, 0.3) is 5.91 Å². The predicted molar refractivity (Wildman–Crippen MR) is 183 cm³/mol. The van der Waals surface area contributed by atoms with Crippen molar-refractivity contribution in [3.63, 3.8) is 0 Å². The number of aryl methyl sites for hydroxylation is 1. The average molecular weight is 683 g/mol. The Hall–Kier alpha value is -5.79. The van der Waals surface area contributed by atoms with Crippen molar-refractivity contribution in [3.05, 3.63) is 90.3 Å². The molecule has 2 aliphatic rings. The molecule has 258 valence electrons. The molecular weight excluding hydrogens is 646 g/mol. The summed E-state index contributed by atoms with van der Waals surface area (Å²) in [5, 5.41) is 8.26. The van der Waals surface area contributed by atoms with Crippen LogP contribution in [0.25, 0.3) is 27.6 Å². The van der Waals surface area contributed by atoms with E-state index in [4.69, 9.17) is 9.47 Å². The number of aromatic nitrogens is 5. The lowest BCUT2D eigenvalue weighted by atomic mass is 9.93. The molecule has 1 N–H and O–H groups in total. The van der Waals surface area contributed by atoms with E-state index in [1.54, 1.807) is 64.4 Å². The zero-order valence-corrected chi connectivity index (χ0v) is 27.5. The Morgan fingerprint density at radius 3 is 2.54 bits per heavy atom. The van der Waals surface area contributed by atoms with Gasteiger partial charge in [0.15, 0.2) is 17.4 Å². The van der Waals surface area contributed by atoms with Gasteiger partial charge in [0.2, 0.25) is 12.8 Å². The van der Waals surface area contributed by atoms with E-state index in [0.29, 0.717) is 85.1 Å². The normalized spacial score (nSPS) is 14.9. The number of piperazine rings is 1. The Kier molecular flexibility index (Phi) is 9.41. The molecule has 0 saturated carbocycles. The molecule has 12 nitrogen and oxygen atoms in total. The van der Waals surface area contributed by atoms with Crippen LogP contribution in [0.4, 0.5) is 14.6 Å². The number of hydrogen-bond acceptors (Lipinski definition) is 8.